The second-order valence-corrected chi connectivity index (χ2v) is 6.82. The van der Waals surface area contributed by atoms with Crippen LogP contribution in [0.1, 0.15) is 25.6 Å². The number of nitrogens with zero attached hydrogens (tertiary/aromatic N) is 2. The van der Waals surface area contributed by atoms with Crippen molar-refractivity contribution in [1.29, 1.82) is 0 Å². The second-order valence-electron chi connectivity index (χ2n) is 5.79. The van der Waals surface area contributed by atoms with Crippen molar-refractivity contribution in [2.45, 2.75) is 32.7 Å². The molecular weight excluding hydrogens is 260 g/mol. The van der Waals surface area contributed by atoms with Crippen LogP contribution in [0.5, 0.6) is 0 Å². The fourth-order valence-corrected chi connectivity index (χ4v) is 2.97. The fourth-order valence-electron chi connectivity index (χ4n) is 2.27. The first-order valence-electron chi connectivity index (χ1n) is 6.48. The van der Waals surface area contributed by atoms with E-state index in [-0.39, 0.29) is 23.9 Å². The number of carbonyl (C=O) groups is 2. The summed E-state index contributed by atoms with van der Waals surface area (Å²) in [7, 11) is 0. The Hall–Kier alpha value is -1.36. The minimum absolute atomic E-state index is 0.0401. The van der Waals surface area contributed by atoms with Gasteiger partial charge in [0.25, 0.3) is 0 Å². The molecule has 2 rings (SSSR count). The van der Waals surface area contributed by atoms with Crippen LogP contribution in [0, 0.1) is 0 Å². The third-order valence-corrected chi connectivity index (χ3v) is 4.17. The molecule has 0 atom stereocenters. The Balaban J connectivity index is 1.95. The van der Waals surface area contributed by atoms with Crippen LogP contribution < -0.4 is 0 Å². The summed E-state index contributed by atoms with van der Waals surface area (Å²) in [6.45, 7) is 7.53. The van der Waals surface area contributed by atoms with Crippen LogP contribution in [0.4, 0.5) is 0 Å². The SMILES string of the molecule is CC(C)(C)N1CCN(C(=O)Cc2cccs2)CC1=O. The molecule has 1 aromatic rings. The number of thiophene rings is 1. The summed E-state index contributed by atoms with van der Waals surface area (Å²) < 4.78 is 0. The van der Waals surface area contributed by atoms with Crippen molar-refractivity contribution >= 4 is 23.2 Å². The largest absolute Gasteiger partial charge is 0.335 e. The van der Waals surface area contributed by atoms with Gasteiger partial charge in [-0.15, -0.1) is 11.3 Å². The molecule has 1 aliphatic rings. The molecule has 19 heavy (non-hydrogen) atoms. The van der Waals surface area contributed by atoms with E-state index in [0.29, 0.717) is 19.5 Å². The maximum absolute atomic E-state index is 12.1. The molecule has 5 heteroatoms. The van der Waals surface area contributed by atoms with Gasteiger partial charge in [0.15, 0.2) is 0 Å². The predicted molar refractivity (Wildman–Crippen MR) is 76.1 cm³/mol. The van der Waals surface area contributed by atoms with E-state index in [4.69, 9.17) is 0 Å². The lowest BCUT2D eigenvalue weighted by atomic mass is 10.0. The van der Waals surface area contributed by atoms with Gasteiger partial charge in [-0.25, -0.2) is 0 Å². The Morgan fingerprint density at radius 3 is 2.63 bits per heavy atom. The van der Waals surface area contributed by atoms with Gasteiger partial charge in [0, 0.05) is 23.5 Å². The minimum atomic E-state index is -0.167. The summed E-state index contributed by atoms with van der Waals surface area (Å²) in [4.78, 5) is 28.8. The highest BCUT2D eigenvalue weighted by molar-refractivity contribution is 7.10. The van der Waals surface area contributed by atoms with Crippen molar-refractivity contribution in [1.82, 2.24) is 9.80 Å². The molecule has 0 saturated carbocycles. The average Bonchev–Trinajstić information content (AvgIpc) is 2.79. The molecule has 1 fully saturated rings. The van der Waals surface area contributed by atoms with E-state index in [9.17, 15) is 9.59 Å². The Morgan fingerprint density at radius 1 is 1.37 bits per heavy atom. The quantitative estimate of drug-likeness (QED) is 0.828. The van der Waals surface area contributed by atoms with Crippen LogP contribution in [0.2, 0.25) is 0 Å². The van der Waals surface area contributed by atoms with E-state index in [1.807, 2.05) is 43.2 Å². The molecule has 0 bridgehead atoms. The molecule has 0 radical (unpaired) electrons. The first-order chi connectivity index (χ1) is 8.88. The number of amides is 2. The van der Waals surface area contributed by atoms with Gasteiger partial charge in [0.1, 0.15) is 0 Å². The molecular formula is C14H20N2O2S. The van der Waals surface area contributed by atoms with E-state index in [2.05, 4.69) is 0 Å². The lowest BCUT2D eigenvalue weighted by Gasteiger charge is -2.42. The van der Waals surface area contributed by atoms with Crippen molar-refractivity contribution in [2.24, 2.45) is 0 Å². The van der Waals surface area contributed by atoms with Gasteiger partial charge in [-0.2, -0.15) is 0 Å². The maximum Gasteiger partial charge on any atom is 0.242 e. The van der Waals surface area contributed by atoms with Gasteiger partial charge in [0.2, 0.25) is 11.8 Å². The Kier molecular flexibility index (Phi) is 3.94. The molecule has 2 heterocycles. The summed E-state index contributed by atoms with van der Waals surface area (Å²) in [6.07, 6.45) is 0.403. The molecule has 0 aliphatic carbocycles. The number of hydrogen-bond acceptors (Lipinski definition) is 3. The molecule has 104 valence electrons. The van der Waals surface area contributed by atoms with Crippen LogP contribution in [-0.2, 0) is 16.0 Å². The monoisotopic (exact) mass is 280 g/mol. The summed E-state index contributed by atoms with van der Waals surface area (Å²) in [6, 6.07) is 3.89. The Morgan fingerprint density at radius 2 is 2.11 bits per heavy atom. The maximum atomic E-state index is 12.1. The van der Waals surface area contributed by atoms with Gasteiger partial charge in [-0.05, 0) is 32.2 Å². The summed E-state index contributed by atoms with van der Waals surface area (Å²) >= 11 is 1.58. The second kappa shape index (κ2) is 5.33. The van der Waals surface area contributed by atoms with Gasteiger partial charge in [-0.3, -0.25) is 9.59 Å². The highest BCUT2D eigenvalue weighted by Gasteiger charge is 2.33. The van der Waals surface area contributed by atoms with Gasteiger partial charge < -0.3 is 9.80 Å². The van der Waals surface area contributed by atoms with Crippen LogP contribution in [-0.4, -0.2) is 46.8 Å². The molecule has 0 spiro atoms. The van der Waals surface area contributed by atoms with Gasteiger partial charge in [0.05, 0.1) is 13.0 Å². The molecule has 1 saturated heterocycles. The van der Waals surface area contributed by atoms with Crippen LogP contribution >= 0.6 is 11.3 Å². The molecule has 0 unspecified atom stereocenters. The lowest BCUT2D eigenvalue weighted by molar-refractivity contribution is -0.148. The van der Waals surface area contributed by atoms with E-state index in [0.717, 1.165) is 4.88 Å². The van der Waals surface area contributed by atoms with Crippen LogP contribution in [0.25, 0.3) is 0 Å². The molecule has 1 aliphatic heterocycles. The summed E-state index contributed by atoms with van der Waals surface area (Å²) in [5, 5.41) is 1.96. The van der Waals surface area contributed by atoms with Crippen LogP contribution in [0.15, 0.2) is 17.5 Å². The Labute approximate surface area is 118 Å². The van der Waals surface area contributed by atoms with E-state index in [1.54, 1.807) is 16.2 Å². The van der Waals surface area contributed by atoms with Crippen molar-refractivity contribution in [3.8, 4) is 0 Å². The predicted octanol–water partition coefficient (Wildman–Crippen LogP) is 1.76. The average molecular weight is 280 g/mol. The number of piperazine rings is 1. The van der Waals surface area contributed by atoms with E-state index < -0.39 is 0 Å². The van der Waals surface area contributed by atoms with E-state index in [1.165, 1.54) is 0 Å². The zero-order valence-corrected chi connectivity index (χ0v) is 12.5. The number of hydrogen-bond donors (Lipinski definition) is 0. The zero-order chi connectivity index (χ0) is 14.0. The van der Waals surface area contributed by atoms with Crippen molar-refractivity contribution in [3.63, 3.8) is 0 Å². The third-order valence-electron chi connectivity index (χ3n) is 3.29. The third kappa shape index (κ3) is 3.35. The van der Waals surface area contributed by atoms with Gasteiger partial charge >= 0.3 is 0 Å². The number of carbonyl (C=O) groups excluding carboxylic acids is 2. The molecule has 0 N–H and O–H groups in total. The smallest absolute Gasteiger partial charge is 0.242 e. The highest BCUT2D eigenvalue weighted by Crippen LogP contribution is 2.18. The Bertz CT molecular complexity index is 462. The van der Waals surface area contributed by atoms with Crippen molar-refractivity contribution < 1.29 is 9.59 Å². The molecule has 2 amide bonds. The van der Waals surface area contributed by atoms with Crippen molar-refractivity contribution in [2.75, 3.05) is 19.6 Å². The normalized spacial score (nSPS) is 16.9. The zero-order valence-electron chi connectivity index (χ0n) is 11.7. The van der Waals surface area contributed by atoms with E-state index >= 15 is 0 Å². The number of rotatable bonds is 2. The molecule has 1 aromatic heterocycles. The van der Waals surface area contributed by atoms with Gasteiger partial charge in [-0.1, -0.05) is 6.07 Å². The van der Waals surface area contributed by atoms with Crippen LogP contribution in [0.3, 0.4) is 0 Å². The highest BCUT2D eigenvalue weighted by atomic mass is 32.1. The minimum Gasteiger partial charge on any atom is -0.335 e. The topological polar surface area (TPSA) is 40.6 Å². The summed E-state index contributed by atoms with van der Waals surface area (Å²) in [5.74, 6) is 0.0858. The molecule has 0 aromatic carbocycles. The van der Waals surface area contributed by atoms with Crippen molar-refractivity contribution in [3.05, 3.63) is 22.4 Å². The lowest BCUT2D eigenvalue weighted by Crippen LogP contribution is -2.58. The standard InChI is InChI=1S/C14H20N2O2S/c1-14(2,3)16-7-6-15(10-13(16)18)12(17)9-11-5-4-8-19-11/h4-5,8H,6-7,9-10H2,1-3H3. The molecule has 4 nitrogen and oxygen atoms in total. The summed E-state index contributed by atoms with van der Waals surface area (Å²) in [5.41, 5.74) is -0.167. The first-order valence-corrected chi connectivity index (χ1v) is 7.36. The first kappa shape index (κ1) is 14.1. The fraction of sp³-hybridized carbons (Fsp3) is 0.571.